The van der Waals surface area contributed by atoms with Crippen LogP contribution in [0.1, 0.15) is 61.5 Å². The maximum atomic E-state index is 13.2. The molecule has 0 saturated heterocycles. The Morgan fingerprint density at radius 2 is 1.60 bits per heavy atom. The molecule has 6 heteroatoms. The molecule has 2 N–H and O–H groups in total. The first-order valence-corrected chi connectivity index (χ1v) is 13.2. The molecule has 7 rings (SSSR count). The van der Waals surface area contributed by atoms with Gasteiger partial charge in [-0.15, -0.1) is 0 Å². The van der Waals surface area contributed by atoms with E-state index in [9.17, 15) is 9.59 Å². The monoisotopic (exact) mass is 472 g/mol. The van der Waals surface area contributed by atoms with Gasteiger partial charge in [-0.1, -0.05) is 36.4 Å². The number of ether oxygens (including phenoxy) is 2. The molecule has 4 saturated carbocycles. The van der Waals surface area contributed by atoms with Crippen LogP contribution in [0, 0.1) is 17.3 Å². The van der Waals surface area contributed by atoms with E-state index in [-0.39, 0.29) is 41.1 Å². The summed E-state index contributed by atoms with van der Waals surface area (Å²) in [5.41, 5.74) is 2.35. The van der Waals surface area contributed by atoms with E-state index in [1.807, 2.05) is 18.2 Å². The highest BCUT2D eigenvalue weighted by Crippen LogP contribution is 2.74. The molecule has 0 aromatic heterocycles. The van der Waals surface area contributed by atoms with Crippen molar-refractivity contribution in [1.82, 2.24) is 10.6 Å². The maximum absolute atomic E-state index is 13.2. The highest BCUT2D eigenvalue weighted by Gasteiger charge is 2.71. The van der Waals surface area contributed by atoms with Crippen LogP contribution in [0.4, 0.5) is 0 Å². The highest BCUT2D eigenvalue weighted by molar-refractivity contribution is 5.89. The summed E-state index contributed by atoms with van der Waals surface area (Å²) < 4.78 is 11.3. The van der Waals surface area contributed by atoms with Crippen molar-refractivity contribution >= 4 is 11.8 Å². The lowest BCUT2D eigenvalue weighted by Gasteiger charge is -2.35. The minimum Gasteiger partial charge on any atom is -0.486 e. The Morgan fingerprint density at radius 3 is 2.40 bits per heavy atom. The number of benzene rings is 2. The van der Waals surface area contributed by atoms with Crippen molar-refractivity contribution in [3.05, 3.63) is 59.7 Å². The fourth-order valence-corrected chi connectivity index (χ4v) is 6.93. The van der Waals surface area contributed by atoms with Crippen LogP contribution in [0.5, 0.6) is 11.5 Å². The maximum Gasteiger partial charge on any atom is 0.226 e. The zero-order valence-corrected chi connectivity index (χ0v) is 19.9. The standard InChI is InChI=1S/C29H32N2O4/c32-27(20-14-19(20)18-9-10-25-26(13-18)35-12-11-34-25)30-23-7-4-8-24(23)31-28(33)29-15-21(22(29)16-29)17-5-2-1-3-6-17/h1-3,5-6,9-10,13,19-24H,4,7-8,11-12,14-16H2,(H,30,32)(H,31,33)/t19-,20+,21+,22-,23+,24+,29+/m0/s1. The summed E-state index contributed by atoms with van der Waals surface area (Å²) in [6.45, 7) is 1.14. The van der Waals surface area contributed by atoms with E-state index >= 15 is 0 Å². The normalized spacial score (nSPS) is 35.9. The van der Waals surface area contributed by atoms with E-state index in [1.54, 1.807) is 0 Å². The number of rotatable bonds is 6. The summed E-state index contributed by atoms with van der Waals surface area (Å²) in [5.74, 6) is 3.13. The third-order valence-electron chi connectivity index (χ3n) is 9.17. The van der Waals surface area contributed by atoms with E-state index in [4.69, 9.17) is 9.47 Å². The predicted octanol–water partition coefficient (Wildman–Crippen LogP) is 3.91. The molecule has 1 aliphatic heterocycles. The van der Waals surface area contributed by atoms with Crippen molar-refractivity contribution in [2.75, 3.05) is 13.2 Å². The molecule has 2 amide bonds. The fourth-order valence-electron chi connectivity index (χ4n) is 6.93. The van der Waals surface area contributed by atoms with Crippen LogP contribution in [0.2, 0.25) is 0 Å². The van der Waals surface area contributed by atoms with Gasteiger partial charge in [-0.25, -0.2) is 0 Å². The fraction of sp³-hybridized carbons (Fsp3) is 0.517. The SMILES string of the molecule is O=C(N[C@@H]1CCC[C@H]1NC(=O)[C@@]12C[C@H](c3ccccc3)[C@@H]1C2)[C@@H]1C[C@H]1c1ccc2c(c1)OCCO2. The molecule has 4 fully saturated rings. The zero-order chi connectivity index (χ0) is 23.6. The van der Waals surface area contributed by atoms with Crippen molar-refractivity contribution in [3.63, 3.8) is 0 Å². The lowest BCUT2D eigenvalue weighted by atomic mass is 9.71. The van der Waals surface area contributed by atoms with Gasteiger partial charge in [-0.3, -0.25) is 9.59 Å². The van der Waals surface area contributed by atoms with Crippen LogP contribution < -0.4 is 20.1 Å². The molecule has 4 aliphatic carbocycles. The number of nitrogens with one attached hydrogen (secondary N) is 2. The lowest BCUT2D eigenvalue weighted by Crippen LogP contribution is -2.52. The number of hydrogen-bond acceptors (Lipinski definition) is 4. The number of carbonyl (C=O) groups is 2. The topological polar surface area (TPSA) is 76.7 Å². The first kappa shape index (κ1) is 21.3. The van der Waals surface area contributed by atoms with Gasteiger partial charge in [0.25, 0.3) is 0 Å². The summed E-state index contributed by atoms with van der Waals surface area (Å²) in [6, 6.07) is 16.7. The molecule has 0 spiro atoms. The molecule has 0 radical (unpaired) electrons. The molecule has 35 heavy (non-hydrogen) atoms. The molecule has 1 heterocycles. The highest BCUT2D eigenvalue weighted by atomic mass is 16.6. The third-order valence-corrected chi connectivity index (χ3v) is 9.17. The van der Waals surface area contributed by atoms with Crippen molar-refractivity contribution in [2.45, 2.75) is 62.4 Å². The van der Waals surface area contributed by atoms with Gasteiger partial charge in [-0.05, 0) is 79.5 Å². The molecule has 0 unspecified atom stereocenters. The Morgan fingerprint density at radius 1 is 0.829 bits per heavy atom. The summed E-state index contributed by atoms with van der Waals surface area (Å²) in [7, 11) is 0. The van der Waals surface area contributed by atoms with E-state index in [0.717, 1.165) is 55.6 Å². The van der Waals surface area contributed by atoms with Crippen molar-refractivity contribution in [1.29, 1.82) is 0 Å². The average molecular weight is 473 g/mol. The van der Waals surface area contributed by atoms with E-state index < -0.39 is 0 Å². The molecule has 0 bridgehead atoms. The second-order valence-electron chi connectivity index (χ2n) is 11.2. The summed E-state index contributed by atoms with van der Waals surface area (Å²) >= 11 is 0. The predicted molar refractivity (Wildman–Crippen MR) is 130 cm³/mol. The van der Waals surface area contributed by atoms with Crippen molar-refractivity contribution in [2.24, 2.45) is 17.3 Å². The Bertz CT molecular complexity index is 1170. The Balaban J connectivity index is 0.938. The smallest absolute Gasteiger partial charge is 0.226 e. The summed E-state index contributed by atoms with van der Waals surface area (Å²) in [4.78, 5) is 26.3. The summed E-state index contributed by atoms with van der Waals surface area (Å²) in [5, 5.41) is 6.63. The Hall–Kier alpha value is -3.02. The van der Waals surface area contributed by atoms with Gasteiger partial charge in [0.2, 0.25) is 11.8 Å². The third kappa shape index (κ3) is 3.60. The Kier molecular flexibility index (Phi) is 4.87. The van der Waals surface area contributed by atoms with Gasteiger partial charge in [0, 0.05) is 18.0 Å². The number of amides is 2. The first-order chi connectivity index (χ1) is 17.1. The second kappa shape index (κ2) is 8.00. The molecule has 7 atom stereocenters. The van der Waals surface area contributed by atoms with Crippen LogP contribution in [-0.2, 0) is 9.59 Å². The van der Waals surface area contributed by atoms with Crippen molar-refractivity contribution < 1.29 is 19.1 Å². The summed E-state index contributed by atoms with van der Waals surface area (Å²) in [6.07, 6.45) is 5.73. The lowest BCUT2D eigenvalue weighted by molar-refractivity contribution is -0.131. The molecule has 2 aromatic rings. The van der Waals surface area contributed by atoms with Gasteiger partial charge in [0.1, 0.15) is 13.2 Å². The van der Waals surface area contributed by atoms with Gasteiger partial charge in [-0.2, -0.15) is 0 Å². The molecular weight excluding hydrogens is 440 g/mol. The van der Waals surface area contributed by atoms with Crippen LogP contribution in [-0.4, -0.2) is 37.1 Å². The quantitative estimate of drug-likeness (QED) is 0.669. The van der Waals surface area contributed by atoms with E-state index in [0.29, 0.717) is 25.0 Å². The number of fused-ring (bicyclic) bond motifs is 2. The van der Waals surface area contributed by atoms with Gasteiger partial charge >= 0.3 is 0 Å². The number of carbonyl (C=O) groups excluding carboxylic acids is 2. The second-order valence-corrected chi connectivity index (χ2v) is 11.2. The molecule has 5 aliphatic rings. The average Bonchev–Trinajstić information content (AvgIpc) is 3.74. The van der Waals surface area contributed by atoms with E-state index in [2.05, 4.69) is 41.0 Å². The van der Waals surface area contributed by atoms with Crippen molar-refractivity contribution in [3.8, 4) is 11.5 Å². The largest absolute Gasteiger partial charge is 0.486 e. The van der Waals surface area contributed by atoms with Gasteiger partial charge in [0.15, 0.2) is 11.5 Å². The number of hydrogen-bond donors (Lipinski definition) is 2. The van der Waals surface area contributed by atoms with Crippen LogP contribution in [0.25, 0.3) is 0 Å². The minimum absolute atomic E-state index is 0.000760. The molecule has 2 aromatic carbocycles. The van der Waals surface area contributed by atoms with E-state index in [1.165, 1.54) is 5.56 Å². The molecule has 182 valence electrons. The van der Waals surface area contributed by atoms with Gasteiger partial charge < -0.3 is 20.1 Å². The zero-order valence-electron chi connectivity index (χ0n) is 19.9. The van der Waals surface area contributed by atoms with Gasteiger partial charge in [0.05, 0.1) is 5.41 Å². The first-order valence-electron chi connectivity index (χ1n) is 13.2. The van der Waals surface area contributed by atoms with Crippen LogP contribution >= 0.6 is 0 Å². The molecular formula is C29H32N2O4. The Labute approximate surface area is 205 Å². The van der Waals surface area contributed by atoms with Crippen LogP contribution in [0.15, 0.2) is 48.5 Å². The minimum atomic E-state index is -0.155. The van der Waals surface area contributed by atoms with Crippen LogP contribution in [0.3, 0.4) is 0 Å². The molecule has 6 nitrogen and oxygen atoms in total.